The molecule has 4 heteroatoms. The second kappa shape index (κ2) is 5.17. The van der Waals surface area contributed by atoms with Gasteiger partial charge >= 0.3 is 0 Å². The third-order valence-electron chi connectivity index (χ3n) is 3.56. The quantitative estimate of drug-likeness (QED) is 0.806. The van der Waals surface area contributed by atoms with E-state index in [0.29, 0.717) is 13.0 Å². The molecule has 0 spiro atoms. The van der Waals surface area contributed by atoms with Crippen LogP contribution in [0.15, 0.2) is 36.5 Å². The first kappa shape index (κ1) is 12.4. The van der Waals surface area contributed by atoms with Gasteiger partial charge in [0, 0.05) is 31.1 Å². The third-order valence-corrected chi connectivity index (χ3v) is 3.85. The molecule has 2 aromatic rings. The zero-order valence-corrected chi connectivity index (χ0v) is 11.3. The molecule has 0 aliphatic carbocycles. The van der Waals surface area contributed by atoms with Crippen molar-refractivity contribution in [1.29, 1.82) is 0 Å². The molecule has 0 saturated carbocycles. The van der Waals surface area contributed by atoms with Crippen molar-refractivity contribution in [2.75, 3.05) is 13.1 Å². The molecule has 1 aliphatic rings. The predicted molar refractivity (Wildman–Crippen MR) is 76.3 cm³/mol. The highest BCUT2D eigenvalue weighted by molar-refractivity contribution is 6.22. The van der Waals surface area contributed by atoms with Gasteiger partial charge in [0.15, 0.2) is 0 Å². The fourth-order valence-electron chi connectivity index (χ4n) is 2.57. The maximum atomic E-state index is 11.7. The number of alkyl halides is 1. The highest BCUT2D eigenvalue weighted by Gasteiger charge is 2.27. The Bertz CT molecular complexity index is 609. The van der Waals surface area contributed by atoms with E-state index in [2.05, 4.69) is 11.1 Å². The molecule has 2 heterocycles. The molecule has 1 unspecified atom stereocenters. The maximum absolute atomic E-state index is 11.7. The minimum atomic E-state index is -0.0262. The Morgan fingerprint density at radius 3 is 2.95 bits per heavy atom. The summed E-state index contributed by atoms with van der Waals surface area (Å²) in [5.74, 6) is 0.165. The second-order valence-corrected chi connectivity index (χ2v) is 5.50. The van der Waals surface area contributed by atoms with Crippen LogP contribution in [0.3, 0.4) is 0 Å². The summed E-state index contributed by atoms with van der Waals surface area (Å²) in [6.07, 6.45) is 3.14. The van der Waals surface area contributed by atoms with E-state index < -0.39 is 0 Å². The number of hydrogen-bond donors (Lipinski definition) is 0. The standard InChI is InChI=1S/C15H15ClN2O/c16-12-9-15(19)18(10-12)8-6-11-5-7-17-14-4-2-1-3-13(11)14/h1-5,7,12H,6,8-10H2. The van der Waals surface area contributed by atoms with E-state index in [1.807, 2.05) is 35.4 Å². The highest BCUT2D eigenvalue weighted by Crippen LogP contribution is 2.20. The highest BCUT2D eigenvalue weighted by atomic mass is 35.5. The molecular weight excluding hydrogens is 260 g/mol. The molecule has 1 aliphatic heterocycles. The lowest BCUT2D eigenvalue weighted by Crippen LogP contribution is -2.27. The lowest BCUT2D eigenvalue weighted by atomic mass is 10.1. The van der Waals surface area contributed by atoms with Crippen molar-refractivity contribution in [1.82, 2.24) is 9.88 Å². The van der Waals surface area contributed by atoms with Gasteiger partial charge < -0.3 is 4.90 Å². The number of halogens is 1. The van der Waals surface area contributed by atoms with E-state index in [4.69, 9.17) is 11.6 Å². The molecule has 3 nitrogen and oxygen atoms in total. The van der Waals surface area contributed by atoms with Crippen LogP contribution >= 0.6 is 11.6 Å². The Labute approximate surface area is 117 Å². The topological polar surface area (TPSA) is 33.2 Å². The average molecular weight is 275 g/mol. The fraction of sp³-hybridized carbons (Fsp3) is 0.333. The molecule has 1 aromatic heterocycles. The SMILES string of the molecule is O=C1CC(Cl)CN1CCc1ccnc2ccccc12. The van der Waals surface area contributed by atoms with Gasteiger partial charge in [-0.2, -0.15) is 0 Å². The number of hydrogen-bond acceptors (Lipinski definition) is 2. The van der Waals surface area contributed by atoms with E-state index in [9.17, 15) is 4.79 Å². The number of para-hydroxylation sites is 1. The Kier molecular flexibility index (Phi) is 3.38. The van der Waals surface area contributed by atoms with Crippen LogP contribution in [0.2, 0.25) is 0 Å². The number of likely N-dealkylation sites (tertiary alicyclic amines) is 1. The molecule has 3 rings (SSSR count). The van der Waals surface area contributed by atoms with Crippen LogP contribution in [0.25, 0.3) is 10.9 Å². The van der Waals surface area contributed by atoms with E-state index in [-0.39, 0.29) is 11.3 Å². The van der Waals surface area contributed by atoms with Crippen molar-refractivity contribution in [3.8, 4) is 0 Å². The predicted octanol–water partition coefficient (Wildman–Crippen LogP) is 2.62. The zero-order valence-electron chi connectivity index (χ0n) is 10.6. The fourth-order valence-corrected chi connectivity index (χ4v) is 2.87. The summed E-state index contributed by atoms with van der Waals surface area (Å²) in [5, 5.41) is 1.14. The first-order chi connectivity index (χ1) is 9.24. The van der Waals surface area contributed by atoms with Crippen LogP contribution in [-0.2, 0) is 11.2 Å². The summed E-state index contributed by atoms with van der Waals surface area (Å²) in [7, 11) is 0. The van der Waals surface area contributed by atoms with E-state index >= 15 is 0 Å². The Morgan fingerprint density at radius 1 is 1.32 bits per heavy atom. The van der Waals surface area contributed by atoms with Crippen LogP contribution in [0.4, 0.5) is 0 Å². The minimum absolute atomic E-state index is 0.0262. The lowest BCUT2D eigenvalue weighted by molar-refractivity contribution is -0.127. The van der Waals surface area contributed by atoms with Crippen molar-refractivity contribution in [3.05, 3.63) is 42.1 Å². The molecule has 1 fully saturated rings. The summed E-state index contributed by atoms with van der Waals surface area (Å²) >= 11 is 6.01. The molecule has 0 N–H and O–H groups in total. The van der Waals surface area contributed by atoms with Gasteiger partial charge in [-0.15, -0.1) is 11.6 Å². The summed E-state index contributed by atoms with van der Waals surface area (Å²) in [6.45, 7) is 1.40. The van der Waals surface area contributed by atoms with Gasteiger partial charge in [-0.25, -0.2) is 0 Å². The Hall–Kier alpha value is -1.61. The number of rotatable bonds is 3. The molecule has 19 heavy (non-hydrogen) atoms. The first-order valence-electron chi connectivity index (χ1n) is 6.48. The van der Waals surface area contributed by atoms with Crippen molar-refractivity contribution in [2.24, 2.45) is 0 Å². The molecule has 1 saturated heterocycles. The van der Waals surface area contributed by atoms with Crippen molar-refractivity contribution >= 4 is 28.4 Å². The van der Waals surface area contributed by atoms with Gasteiger partial charge in [-0.1, -0.05) is 18.2 Å². The van der Waals surface area contributed by atoms with Crippen LogP contribution in [0.1, 0.15) is 12.0 Å². The van der Waals surface area contributed by atoms with Gasteiger partial charge in [0.1, 0.15) is 0 Å². The van der Waals surface area contributed by atoms with Gasteiger partial charge in [0.05, 0.1) is 10.9 Å². The monoisotopic (exact) mass is 274 g/mol. The third kappa shape index (κ3) is 2.56. The van der Waals surface area contributed by atoms with Gasteiger partial charge in [0.2, 0.25) is 5.91 Å². The molecule has 98 valence electrons. The number of amides is 1. The van der Waals surface area contributed by atoms with Crippen molar-refractivity contribution in [3.63, 3.8) is 0 Å². The summed E-state index contributed by atoms with van der Waals surface area (Å²) in [5.41, 5.74) is 2.24. The van der Waals surface area contributed by atoms with Crippen molar-refractivity contribution in [2.45, 2.75) is 18.2 Å². The number of nitrogens with zero attached hydrogens (tertiary/aromatic N) is 2. The van der Waals surface area contributed by atoms with Gasteiger partial charge in [-0.05, 0) is 24.1 Å². The average Bonchev–Trinajstić information content (AvgIpc) is 2.74. The number of aromatic nitrogens is 1. The first-order valence-corrected chi connectivity index (χ1v) is 6.92. The molecule has 0 radical (unpaired) electrons. The summed E-state index contributed by atoms with van der Waals surface area (Å²) < 4.78 is 0. The van der Waals surface area contributed by atoms with E-state index in [1.54, 1.807) is 0 Å². The number of carbonyl (C=O) groups is 1. The largest absolute Gasteiger partial charge is 0.341 e. The van der Waals surface area contributed by atoms with Crippen LogP contribution in [0, 0.1) is 0 Å². The number of benzene rings is 1. The van der Waals surface area contributed by atoms with E-state index in [0.717, 1.165) is 18.5 Å². The molecule has 1 aromatic carbocycles. The molecule has 0 bridgehead atoms. The smallest absolute Gasteiger partial charge is 0.224 e. The lowest BCUT2D eigenvalue weighted by Gasteiger charge is -2.16. The summed E-state index contributed by atoms with van der Waals surface area (Å²) in [4.78, 5) is 17.9. The number of fused-ring (bicyclic) bond motifs is 1. The molecule has 1 amide bonds. The van der Waals surface area contributed by atoms with Crippen molar-refractivity contribution < 1.29 is 4.79 Å². The van der Waals surface area contributed by atoms with Gasteiger partial charge in [0.25, 0.3) is 0 Å². The van der Waals surface area contributed by atoms with Crippen LogP contribution < -0.4 is 0 Å². The summed E-state index contributed by atoms with van der Waals surface area (Å²) in [6, 6.07) is 10.1. The van der Waals surface area contributed by atoms with Crippen LogP contribution in [-0.4, -0.2) is 34.3 Å². The second-order valence-electron chi connectivity index (χ2n) is 4.88. The maximum Gasteiger partial charge on any atom is 0.224 e. The minimum Gasteiger partial charge on any atom is -0.341 e. The van der Waals surface area contributed by atoms with Gasteiger partial charge in [-0.3, -0.25) is 9.78 Å². The zero-order chi connectivity index (χ0) is 13.2. The van der Waals surface area contributed by atoms with E-state index in [1.165, 1.54) is 10.9 Å². The Morgan fingerprint density at radius 2 is 2.16 bits per heavy atom. The van der Waals surface area contributed by atoms with Crippen LogP contribution in [0.5, 0.6) is 0 Å². The number of pyridine rings is 1. The normalized spacial score (nSPS) is 19.3. The number of carbonyl (C=O) groups excluding carboxylic acids is 1. The Balaban J connectivity index is 1.77. The molecule has 1 atom stereocenters. The molecular formula is C15H15ClN2O.